The van der Waals surface area contributed by atoms with Crippen molar-refractivity contribution in [2.24, 2.45) is 0 Å². The molecule has 26 heavy (non-hydrogen) atoms. The first-order chi connectivity index (χ1) is 12.6. The van der Waals surface area contributed by atoms with Gasteiger partial charge in [0.2, 0.25) is 0 Å². The first-order valence-corrected chi connectivity index (χ1v) is 8.71. The molecular weight excluding hydrogens is 330 g/mol. The first-order valence-electron chi connectivity index (χ1n) is 8.71. The number of anilines is 1. The van der Waals surface area contributed by atoms with Crippen LogP contribution in [0.1, 0.15) is 12.5 Å². The molecule has 0 fully saturated rings. The fraction of sp³-hybridized carbons (Fsp3) is 0.350. The van der Waals surface area contributed by atoms with Crippen molar-refractivity contribution in [3.63, 3.8) is 0 Å². The smallest absolute Gasteiger partial charge is 0.319 e. The summed E-state index contributed by atoms with van der Waals surface area (Å²) in [6, 6.07) is 14.7. The monoisotopic (exact) mass is 357 g/mol. The molecule has 2 rings (SSSR count). The molecule has 0 heterocycles. The van der Waals surface area contributed by atoms with Gasteiger partial charge >= 0.3 is 6.03 Å². The molecule has 2 N–H and O–H groups in total. The summed E-state index contributed by atoms with van der Waals surface area (Å²) in [4.78, 5) is 14.1. The highest BCUT2D eigenvalue weighted by atomic mass is 16.5. The van der Waals surface area contributed by atoms with Gasteiger partial charge in [-0.3, -0.25) is 0 Å². The van der Waals surface area contributed by atoms with E-state index in [-0.39, 0.29) is 6.03 Å². The highest BCUT2D eigenvalue weighted by Gasteiger charge is 2.03. The van der Waals surface area contributed by atoms with Crippen LogP contribution in [0.4, 0.5) is 10.5 Å². The van der Waals surface area contributed by atoms with Crippen LogP contribution in [0.3, 0.4) is 0 Å². The van der Waals surface area contributed by atoms with E-state index >= 15 is 0 Å². The van der Waals surface area contributed by atoms with Crippen molar-refractivity contribution in [1.82, 2.24) is 10.2 Å². The summed E-state index contributed by atoms with van der Waals surface area (Å²) in [5.74, 6) is 1.59. The Morgan fingerprint density at radius 3 is 2.50 bits per heavy atom. The molecule has 0 aliphatic carbocycles. The molecule has 2 aromatic rings. The lowest BCUT2D eigenvalue weighted by Gasteiger charge is -2.12. The quantitative estimate of drug-likeness (QED) is 0.722. The highest BCUT2D eigenvalue weighted by molar-refractivity contribution is 5.89. The lowest BCUT2D eigenvalue weighted by Crippen LogP contribution is -2.28. The van der Waals surface area contributed by atoms with Crippen molar-refractivity contribution in [2.75, 3.05) is 39.2 Å². The largest absolute Gasteiger partial charge is 0.494 e. The Labute approximate surface area is 155 Å². The number of hydrogen-bond donors (Lipinski definition) is 2. The van der Waals surface area contributed by atoms with Crippen LogP contribution in [-0.2, 0) is 6.54 Å². The molecule has 6 nitrogen and oxygen atoms in total. The van der Waals surface area contributed by atoms with Gasteiger partial charge in [0.1, 0.15) is 18.1 Å². The maximum absolute atomic E-state index is 12.0. The number of rotatable bonds is 9. The van der Waals surface area contributed by atoms with Gasteiger partial charge in [-0.25, -0.2) is 4.79 Å². The Bertz CT molecular complexity index is 687. The third-order valence-corrected chi connectivity index (χ3v) is 3.58. The van der Waals surface area contributed by atoms with Gasteiger partial charge in [-0.15, -0.1) is 0 Å². The maximum atomic E-state index is 12.0. The number of likely N-dealkylation sites (N-methyl/N-ethyl adjacent to an activating group) is 1. The fourth-order valence-electron chi connectivity index (χ4n) is 2.25. The zero-order valence-electron chi connectivity index (χ0n) is 15.6. The van der Waals surface area contributed by atoms with Crippen LogP contribution in [0.25, 0.3) is 0 Å². The van der Waals surface area contributed by atoms with E-state index in [1.807, 2.05) is 69.6 Å². The van der Waals surface area contributed by atoms with Crippen LogP contribution < -0.4 is 20.1 Å². The van der Waals surface area contributed by atoms with Gasteiger partial charge in [0, 0.05) is 18.8 Å². The van der Waals surface area contributed by atoms with Crippen LogP contribution in [0.5, 0.6) is 11.5 Å². The van der Waals surface area contributed by atoms with Crippen LogP contribution in [-0.4, -0.2) is 44.8 Å². The lowest BCUT2D eigenvalue weighted by atomic mass is 10.2. The SMILES string of the molecule is CCOc1ccc(NC(=O)NCc2cccc(OCCN(C)C)c2)cc1. The predicted molar refractivity (Wildman–Crippen MR) is 104 cm³/mol. The predicted octanol–water partition coefficient (Wildman–Crippen LogP) is 3.35. The Morgan fingerprint density at radius 1 is 1.04 bits per heavy atom. The molecule has 0 aromatic heterocycles. The number of carbonyl (C=O) groups excluding carboxylic acids is 1. The summed E-state index contributed by atoms with van der Waals surface area (Å²) < 4.78 is 11.1. The standard InChI is InChI=1S/C20H27N3O3/c1-4-25-18-10-8-17(9-11-18)22-20(24)21-15-16-6-5-7-19(14-16)26-13-12-23(2)3/h5-11,14H,4,12-13,15H2,1-3H3,(H2,21,22,24). The molecular formula is C20H27N3O3. The number of nitrogens with one attached hydrogen (secondary N) is 2. The molecule has 6 heteroatoms. The van der Waals surface area contributed by atoms with Crippen LogP contribution in [0.2, 0.25) is 0 Å². The second-order valence-electron chi connectivity index (χ2n) is 6.06. The van der Waals surface area contributed by atoms with Crippen molar-refractivity contribution in [3.8, 4) is 11.5 Å². The van der Waals surface area contributed by atoms with E-state index in [9.17, 15) is 4.79 Å². The first kappa shape index (κ1) is 19.6. The molecule has 140 valence electrons. The summed E-state index contributed by atoms with van der Waals surface area (Å²) in [6.45, 7) is 4.45. The Kier molecular flexibility index (Phi) is 7.76. The number of urea groups is 1. The van der Waals surface area contributed by atoms with Crippen LogP contribution in [0, 0.1) is 0 Å². The number of amides is 2. The van der Waals surface area contributed by atoms with Crippen molar-refractivity contribution >= 4 is 11.7 Å². The van der Waals surface area contributed by atoms with E-state index in [0.717, 1.165) is 23.6 Å². The van der Waals surface area contributed by atoms with Gasteiger partial charge in [0.15, 0.2) is 0 Å². The minimum absolute atomic E-state index is 0.256. The van der Waals surface area contributed by atoms with E-state index in [0.29, 0.717) is 25.4 Å². The summed E-state index contributed by atoms with van der Waals surface area (Å²) in [7, 11) is 4.01. The highest BCUT2D eigenvalue weighted by Crippen LogP contribution is 2.16. The van der Waals surface area contributed by atoms with E-state index in [4.69, 9.17) is 9.47 Å². The maximum Gasteiger partial charge on any atom is 0.319 e. The molecule has 0 aliphatic rings. The second-order valence-corrected chi connectivity index (χ2v) is 6.06. The number of benzene rings is 2. The van der Waals surface area contributed by atoms with E-state index in [2.05, 4.69) is 15.5 Å². The number of hydrogen-bond acceptors (Lipinski definition) is 4. The van der Waals surface area contributed by atoms with Crippen molar-refractivity contribution in [3.05, 3.63) is 54.1 Å². The topological polar surface area (TPSA) is 62.8 Å². The molecule has 0 unspecified atom stereocenters. The fourth-order valence-corrected chi connectivity index (χ4v) is 2.25. The van der Waals surface area contributed by atoms with Gasteiger partial charge in [-0.2, -0.15) is 0 Å². The van der Waals surface area contributed by atoms with Crippen LogP contribution in [0.15, 0.2) is 48.5 Å². The third-order valence-electron chi connectivity index (χ3n) is 3.58. The average Bonchev–Trinajstić information content (AvgIpc) is 2.62. The lowest BCUT2D eigenvalue weighted by molar-refractivity contribution is 0.251. The number of ether oxygens (including phenoxy) is 2. The summed E-state index contributed by atoms with van der Waals surface area (Å²) >= 11 is 0. The van der Waals surface area contributed by atoms with E-state index < -0.39 is 0 Å². The molecule has 2 aromatic carbocycles. The Morgan fingerprint density at radius 2 is 1.81 bits per heavy atom. The van der Waals surface area contributed by atoms with Crippen molar-refractivity contribution in [2.45, 2.75) is 13.5 Å². The van der Waals surface area contributed by atoms with Crippen molar-refractivity contribution in [1.29, 1.82) is 0 Å². The molecule has 0 saturated carbocycles. The van der Waals surface area contributed by atoms with Gasteiger partial charge in [0.25, 0.3) is 0 Å². The molecule has 0 atom stereocenters. The zero-order chi connectivity index (χ0) is 18.8. The average molecular weight is 357 g/mol. The summed E-state index contributed by atoms with van der Waals surface area (Å²) in [6.07, 6.45) is 0. The molecule has 0 saturated heterocycles. The molecule has 0 spiro atoms. The summed E-state index contributed by atoms with van der Waals surface area (Å²) in [5.41, 5.74) is 1.70. The van der Waals surface area contributed by atoms with Gasteiger partial charge in [-0.05, 0) is 63.0 Å². The van der Waals surface area contributed by atoms with Crippen molar-refractivity contribution < 1.29 is 14.3 Å². The van der Waals surface area contributed by atoms with Gasteiger partial charge in [0.05, 0.1) is 6.61 Å². The third kappa shape index (κ3) is 7.03. The van der Waals surface area contributed by atoms with E-state index in [1.165, 1.54) is 0 Å². The normalized spacial score (nSPS) is 10.5. The molecule has 0 bridgehead atoms. The Balaban J connectivity index is 1.79. The Hall–Kier alpha value is -2.73. The molecule has 0 aliphatic heterocycles. The van der Waals surface area contributed by atoms with Gasteiger partial charge in [-0.1, -0.05) is 12.1 Å². The van der Waals surface area contributed by atoms with Crippen LogP contribution >= 0.6 is 0 Å². The zero-order valence-corrected chi connectivity index (χ0v) is 15.6. The number of nitrogens with zero attached hydrogens (tertiary/aromatic N) is 1. The summed E-state index contributed by atoms with van der Waals surface area (Å²) in [5, 5.41) is 5.64. The molecule has 0 radical (unpaired) electrons. The van der Waals surface area contributed by atoms with E-state index in [1.54, 1.807) is 0 Å². The minimum Gasteiger partial charge on any atom is -0.494 e. The minimum atomic E-state index is -0.256. The molecule has 2 amide bonds. The van der Waals surface area contributed by atoms with Gasteiger partial charge < -0.3 is 25.0 Å². The number of carbonyl (C=O) groups is 1. The second kappa shape index (κ2) is 10.3.